The summed E-state index contributed by atoms with van der Waals surface area (Å²) in [5.41, 5.74) is 0.736. The summed E-state index contributed by atoms with van der Waals surface area (Å²) in [7, 11) is 1.69. The van der Waals surface area contributed by atoms with Gasteiger partial charge in [0.05, 0.1) is 18.8 Å². The fourth-order valence-electron chi connectivity index (χ4n) is 2.82. The Hall–Kier alpha value is -2.06. The smallest absolute Gasteiger partial charge is 0.215 e. The molecule has 0 amide bonds. The zero-order valence-corrected chi connectivity index (χ0v) is 15.4. The Bertz CT molecular complexity index is 618. The molecule has 2 rings (SSSR count). The molecule has 0 aliphatic carbocycles. The molecule has 1 atom stereocenters. The minimum absolute atomic E-state index is 0.0893. The molecule has 0 radical (unpaired) electrons. The standard InChI is InChI=1S/C17H27N5O3/c1-6-14(10-17(7-2)23-8-9-24-17)25-16(19-5)13(3)15(18-4)22-12-20-11-21-22/h11-12,14H,4,6-10H2,1-3,5H3. The molecule has 0 saturated carbocycles. The van der Waals surface area contributed by atoms with E-state index in [2.05, 4.69) is 40.6 Å². The van der Waals surface area contributed by atoms with Crippen LogP contribution in [-0.2, 0) is 14.2 Å². The maximum absolute atomic E-state index is 6.16. The van der Waals surface area contributed by atoms with Crippen LogP contribution in [0.1, 0.15) is 40.0 Å². The lowest BCUT2D eigenvalue weighted by Crippen LogP contribution is -2.36. The molecule has 2 heterocycles. The highest BCUT2D eigenvalue weighted by molar-refractivity contribution is 5.98. The van der Waals surface area contributed by atoms with Gasteiger partial charge < -0.3 is 14.2 Å². The van der Waals surface area contributed by atoms with Crippen molar-refractivity contribution in [3.8, 4) is 0 Å². The predicted molar refractivity (Wildman–Crippen MR) is 96.5 cm³/mol. The van der Waals surface area contributed by atoms with Crippen LogP contribution in [0.3, 0.4) is 0 Å². The van der Waals surface area contributed by atoms with Crippen LogP contribution < -0.4 is 0 Å². The van der Waals surface area contributed by atoms with Crippen LogP contribution in [0.25, 0.3) is 5.82 Å². The molecule has 1 aromatic heterocycles. The van der Waals surface area contributed by atoms with E-state index in [4.69, 9.17) is 14.2 Å². The topological polar surface area (TPSA) is 83.1 Å². The van der Waals surface area contributed by atoms with Gasteiger partial charge in [-0.05, 0) is 26.5 Å². The quantitative estimate of drug-likeness (QED) is 0.532. The molecule has 0 aromatic carbocycles. The molecule has 0 bridgehead atoms. The van der Waals surface area contributed by atoms with Gasteiger partial charge in [-0.3, -0.25) is 4.99 Å². The normalized spacial score (nSPS) is 19.4. The molecule has 1 fully saturated rings. The molecule has 25 heavy (non-hydrogen) atoms. The van der Waals surface area contributed by atoms with Gasteiger partial charge in [-0.25, -0.2) is 14.7 Å². The van der Waals surface area contributed by atoms with E-state index in [9.17, 15) is 0 Å². The van der Waals surface area contributed by atoms with E-state index in [1.807, 2.05) is 6.92 Å². The lowest BCUT2D eigenvalue weighted by molar-refractivity contribution is -0.177. The summed E-state index contributed by atoms with van der Waals surface area (Å²) in [6.45, 7) is 10.9. The van der Waals surface area contributed by atoms with Crippen molar-refractivity contribution in [2.45, 2.75) is 51.9 Å². The van der Waals surface area contributed by atoms with Gasteiger partial charge in [-0.1, -0.05) is 13.8 Å². The van der Waals surface area contributed by atoms with Crippen molar-refractivity contribution >= 4 is 18.4 Å². The van der Waals surface area contributed by atoms with Crippen molar-refractivity contribution < 1.29 is 14.2 Å². The van der Waals surface area contributed by atoms with Gasteiger partial charge >= 0.3 is 0 Å². The second-order valence-corrected chi connectivity index (χ2v) is 5.79. The summed E-state index contributed by atoms with van der Waals surface area (Å²) >= 11 is 0. The molecule has 1 aliphatic heterocycles. The molecule has 0 N–H and O–H groups in total. The van der Waals surface area contributed by atoms with Crippen LogP contribution in [0.2, 0.25) is 0 Å². The van der Waals surface area contributed by atoms with E-state index in [0.717, 1.165) is 18.4 Å². The molecule has 138 valence electrons. The molecule has 1 saturated heterocycles. The highest BCUT2D eigenvalue weighted by Crippen LogP contribution is 2.30. The van der Waals surface area contributed by atoms with Gasteiger partial charge in [0, 0.05) is 13.5 Å². The molecule has 1 aliphatic rings. The van der Waals surface area contributed by atoms with Gasteiger partial charge in [0.2, 0.25) is 5.90 Å². The number of nitrogens with zero attached hydrogens (tertiary/aromatic N) is 5. The molecule has 1 unspecified atom stereocenters. The number of aliphatic imine (C=N–C) groups is 2. The Morgan fingerprint density at radius 2 is 2.12 bits per heavy atom. The second-order valence-electron chi connectivity index (χ2n) is 5.79. The Morgan fingerprint density at radius 1 is 1.40 bits per heavy atom. The first-order valence-corrected chi connectivity index (χ1v) is 8.53. The molecule has 1 aromatic rings. The third-order valence-electron chi connectivity index (χ3n) is 4.27. The molecule has 8 heteroatoms. The third kappa shape index (κ3) is 4.52. The van der Waals surface area contributed by atoms with Crippen LogP contribution >= 0.6 is 0 Å². The number of hydrogen-bond donors (Lipinski definition) is 0. The van der Waals surface area contributed by atoms with Crippen molar-refractivity contribution in [1.82, 2.24) is 14.8 Å². The van der Waals surface area contributed by atoms with Crippen LogP contribution in [0.15, 0.2) is 28.2 Å². The van der Waals surface area contributed by atoms with Gasteiger partial charge in [0.25, 0.3) is 0 Å². The Labute approximate surface area is 148 Å². The predicted octanol–water partition coefficient (Wildman–Crippen LogP) is 2.53. The lowest BCUT2D eigenvalue weighted by atomic mass is 10.0. The van der Waals surface area contributed by atoms with Crippen molar-refractivity contribution in [2.24, 2.45) is 9.98 Å². The van der Waals surface area contributed by atoms with Gasteiger partial charge in [-0.2, -0.15) is 5.10 Å². The van der Waals surface area contributed by atoms with Crippen molar-refractivity contribution in [1.29, 1.82) is 0 Å². The molecular weight excluding hydrogens is 322 g/mol. The van der Waals surface area contributed by atoms with Gasteiger partial charge in [-0.15, -0.1) is 0 Å². The van der Waals surface area contributed by atoms with E-state index < -0.39 is 5.79 Å². The first-order valence-electron chi connectivity index (χ1n) is 8.53. The fraction of sp³-hybridized carbons (Fsp3) is 0.647. The summed E-state index contributed by atoms with van der Waals surface area (Å²) in [6.07, 6.45) is 5.14. The maximum atomic E-state index is 6.16. The number of ether oxygens (including phenoxy) is 3. The summed E-state index contributed by atoms with van der Waals surface area (Å²) in [4.78, 5) is 12.3. The first-order chi connectivity index (χ1) is 12.1. The van der Waals surface area contributed by atoms with E-state index in [1.54, 1.807) is 13.4 Å². The molecular formula is C17H27N5O3. The summed E-state index contributed by atoms with van der Waals surface area (Å²) in [6, 6.07) is 0. The zero-order valence-electron chi connectivity index (χ0n) is 15.4. The van der Waals surface area contributed by atoms with Crippen molar-refractivity contribution in [3.05, 3.63) is 18.2 Å². The van der Waals surface area contributed by atoms with Gasteiger partial charge in [0.1, 0.15) is 18.8 Å². The largest absolute Gasteiger partial charge is 0.474 e. The highest BCUT2D eigenvalue weighted by atomic mass is 16.7. The van der Waals surface area contributed by atoms with Crippen LogP contribution in [0.4, 0.5) is 0 Å². The maximum Gasteiger partial charge on any atom is 0.215 e. The van der Waals surface area contributed by atoms with E-state index >= 15 is 0 Å². The average molecular weight is 349 g/mol. The summed E-state index contributed by atoms with van der Waals surface area (Å²) in [5.74, 6) is 0.461. The minimum atomic E-state index is -0.567. The monoisotopic (exact) mass is 349 g/mol. The SMILES string of the molecule is C=NC(=C(C)C(=NC)OC(CC)CC1(CC)OCCO1)n1cncn1. The number of hydrogen-bond acceptors (Lipinski definition) is 7. The van der Waals surface area contributed by atoms with Crippen LogP contribution in [0, 0.1) is 0 Å². The Balaban J connectivity index is 2.18. The first kappa shape index (κ1) is 19.3. The van der Waals surface area contributed by atoms with Crippen molar-refractivity contribution in [2.75, 3.05) is 20.3 Å². The Morgan fingerprint density at radius 3 is 2.60 bits per heavy atom. The van der Waals surface area contributed by atoms with Crippen molar-refractivity contribution in [3.63, 3.8) is 0 Å². The Kier molecular flexibility index (Phi) is 6.83. The number of rotatable bonds is 8. The minimum Gasteiger partial charge on any atom is -0.474 e. The third-order valence-corrected chi connectivity index (χ3v) is 4.27. The summed E-state index contributed by atoms with van der Waals surface area (Å²) in [5, 5.41) is 4.10. The fourth-order valence-corrected chi connectivity index (χ4v) is 2.82. The van der Waals surface area contributed by atoms with Gasteiger partial charge in [0.15, 0.2) is 11.6 Å². The number of aromatic nitrogens is 3. The van der Waals surface area contributed by atoms with Crippen LogP contribution in [0.5, 0.6) is 0 Å². The van der Waals surface area contributed by atoms with E-state index in [0.29, 0.717) is 31.4 Å². The lowest BCUT2D eigenvalue weighted by Gasteiger charge is -2.30. The van der Waals surface area contributed by atoms with E-state index in [1.165, 1.54) is 11.0 Å². The van der Waals surface area contributed by atoms with Crippen LogP contribution in [-0.4, -0.2) is 59.5 Å². The average Bonchev–Trinajstić information content (AvgIpc) is 3.31. The molecule has 0 spiro atoms. The molecule has 8 nitrogen and oxygen atoms in total. The second kappa shape index (κ2) is 8.87. The van der Waals surface area contributed by atoms with E-state index in [-0.39, 0.29) is 6.10 Å². The highest BCUT2D eigenvalue weighted by Gasteiger charge is 2.37. The zero-order chi connectivity index (χ0) is 18.3. The summed E-state index contributed by atoms with van der Waals surface area (Å²) < 4.78 is 19.3.